The second-order valence-corrected chi connectivity index (χ2v) is 7.66. The third kappa shape index (κ3) is 3.29. The zero-order chi connectivity index (χ0) is 18.9. The van der Waals surface area contributed by atoms with Crippen LogP contribution in [0.4, 0.5) is 5.82 Å². The van der Waals surface area contributed by atoms with Crippen LogP contribution in [0.5, 0.6) is 0 Å². The molecule has 8 heteroatoms. The van der Waals surface area contributed by atoms with Gasteiger partial charge in [-0.1, -0.05) is 12.1 Å². The summed E-state index contributed by atoms with van der Waals surface area (Å²) in [7, 11) is 0. The Morgan fingerprint density at radius 3 is 2.96 bits per heavy atom. The lowest BCUT2D eigenvalue weighted by Gasteiger charge is -2.34. The lowest BCUT2D eigenvalue weighted by molar-refractivity contribution is -0.118. The quantitative estimate of drug-likeness (QED) is 0.609. The number of fused-ring (bicyclic) bond motifs is 1. The number of amides is 1. The molecule has 0 aliphatic carbocycles. The van der Waals surface area contributed by atoms with Crippen LogP contribution in [0.2, 0.25) is 0 Å². The van der Waals surface area contributed by atoms with Gasteiger partial charge in [-0.05, 0) is 30.2 Å². The molecule has 5 heterocycles. The Morgan fingerprint density at radius 2 is 2.11 bits per heavy atom. The maximum atomic E-state index is 12.2. The van der Waals surface area contributed by atoms with Gasteiger partial charge >= 0.3 is 0 Å². The standard InChI is InChI=1S/C20H25N7O/c28-19-12-22-7-8-27(19)18-5-1-4-15(24-18)20-14-9-16(13-3-2-6-21-10-13)23-11-17(14)25-26-20/h1-6,10,14,16-17,20,22-23,25-26H,7-9,11-12H2. The first-order chi connectivity index (χ1) is 13.8. The summed E-state index contributed by atoms with van der Waals surface area (Å²) in [6.45, 7) is 2.72. The van der Waals surface area contributed by atoms with Crippen molar-refractivity contribution in [2.45, 2.75) is 24.5 Å². The fraction of sp³-hybridized carbons (Fsp3) is 0.450. The van der Waals surface area contributed by atoms with E-state index in [1.165, 1.54) is 5.56 Å². The number of piperazine rings is 1. The molecule has 3 saturated heterocycles. The monoisotopic (exact) mass is 379 g/mol. The molecule has 2 aromatic heterocycles. The SMILES string of the molecule is O=C1CNCCN1c1cccc(C2NNC3CNC(c4cccnc4)CC32)n1. The van der Waals surface area contributed by atoms with E-state index in [4.69, 9.17) is 4.98 Å². The summed E-state index contributed by atoms with van der Waals surface area (Å²) < 4.78 is 0. The number of anilines is 1. The van der Waals surface area contributed by atoms with E-state index in [9.17, 15) is 4.79 Å². The summed E-state index contributed by atoms with van der Waals surface area (Å²) in [5.74, 6) is 1.23. The lowest BCUT2D eigenvalue weighted by atomic mass is 9.81. The first-order valence-electron chi connectivity index (χ1n) is 9.92. The fourth-order valence-corrected chi connectivity index (χ4v) is 4.51. The number of pyridine rings is 2. The van der Waals surface area contributed by atoms with Gasteiger partial charge in [0.1, 0.15) is 5.82 Å². The predicted molar refractivity (Wildman–Crippen MR) is 105 cm³/mol. The molecule has 4 atom stereocenters. The molecule has 0 saturated carbocycles. The molecule has 28 heavy (non-hydrogen) atoms. The van der Waals surface area contributed by atoms with Gasteiger partial charge < -0.3 is 10.6 Å². The van der Waals surface area contributed by atoms with Crippen LogP contribution >= 0.6 is 0 Å². The Bertz CT molecular complexity index is 845. The van der Waals surface area contributed by atoms with Gasteiger partial charge in [0.05, 0.1) is 18.3 Å². The van der Waals surface area contributed by atoms with Gasteiger partial charge in [0.25, 0.3) is 0 Å². The van der Waals surface area contributed by atoms with E-state index < -0.39 is 0 Å². The molecule has 3 aliphatic heterocycles. The lowest BCUT2D eigenvalue weighted by Crippen LogP contribution is -2.48. The number of carbonyl (C=O) groups is 1. The molecule has 0 aromatic carbocycles. The van der Waals surface area contributed by atoms with Gasteiger partial charge in [-0.2, -0.15) is 0 Å². The van der Waals surface area contributed by atoms with Gasteiger partial charge in [0.2, 0.25) is 5.91 Å². The van der Waals surface area contributed by atoms with Crippen molar-refractivity contribution < 1.29 is 4.79 Å². The predicted octanol–water partition coefficient (Wildman–Crippen LogP) is 0.281. The number of nitrogens with one attached hydrogen (secondary N) is 4. The van der Waals surface area contributed by atoms with Crippen molar-refractivity contribution in [3.05, 3.63) is 54.0 Å². The zero-order valence-electron chi connectivity index (χ0n) is 15.6. The van der Waals surface area contributed by atoms with Crippen molar-refractivity contribution >= 4 is 11.7 Å². The van der Waals surface area contributed by atoms with Crippen LogP contribution < -0.4 is 26.4 Å². The van der Waals surface area contributed by atoms with Crippen LogP contribution in [0.3, 0.4) is 0 Å². The Morgan fingerprint density at radius 1 is 1.14 bits per heavy atom. The van der Waals surface area contributed by atoms with Crippen molar-refractivity contribution in [1.29, 1.82) is 0 Å². The molecular weight excluding hydrogens is 354 g/mol. The largest absolute Gasteiger partial charge is 0.308 e. The maximum Gasteiger partial charge on any atom is 0.242 e. The molecule has 0 bridgehead atoms. The highest BCUT2D eigenvalue weighted by atomic mass is 16.2. The van der Waals surface area contributed by atoms with Crippen molar-refractivity contribution in [3.63, 3.8) is 0 Å². The number of piperidine rings is 1. The average Bonchev–Trinajstić information content (AvgIpc) is 3.18. The van der Waals surface area contributed by atoms with Crippen LogP contribution in [0.15, 0.2) is 42.7 Å². The van der Waals surface area contributed by atoms with Crippen LogP contribution in [0.1, 0.15) is 29.8 Å². The van der Waals surface area contributed by atoms with Crippen molar-refractivity contribution in [2.24, 2.45) is 5.92 Å². The molecule has 5 rings (SSSR count). The summed E-state index contributed by atoms with van der Waals surface area (Å²) in [5.41, 5.74) is 9.08. The number of hydrogen-bond donors (Lipinski definition) is 4. The summed E-state index contributed by atoms with van der Waals surface area (Å²) >= 11 is 0. The Kier molecular flexibility index (Phi) is 4.77. The van der Waals surface area contributed by atoms with Gasteiger partial charge in [-0.15, -0.1) is 0 Å². The molecule has 146 valence electrons. The second kappa shape index (κ2) is 7.56. The first kappa shape index (κ1) is 17.7. The fourth-order valence-electron chi connectivity index (χ4n) is 4.51. The third-order valence-corrected chi connectivity index (χ3v) is 5.99. The van der Waals surface area contributed by atoms with Gasteiger partial charge in [-0.25, -0.2) is 10.4 Å². The topological polar surface area (TPSA) is 94.2 Å². The Hall–Kier alpha value is -2.39. The molecule has 1 amide bonds. The number of nitrogens with zero attached hydrogens (tertiary/aromatic N) is 3. The van der Waals surface area contributed by atoms with E-state index in [0.29, 0.717) is 25.0 Å². The van der Waals surface area contributed by atoms with Gasteiger partial charge in [-0.3, -0.25) is 20.1 Å². The smallest absolute Gasteiger partial charge is 0.242 e. The number of aromatic nitrogens is 2. The van der Waals surface area contributed by atoms with Gasteiger partial charge in [0.15, 0.2) is 0 Å². The molecule has 0 spiro atoms. The van der Waals surface area contributed by atoms with E-state index in [1.54, 1.807) is 4.90 Å². The highest BCUT2D eigenvalue weighted by Crippen LogP contribution is 2.38. The summed E-state index contributed by atoms with van der Waals surface area (Å²) in [4.78, 5) is 23.1. The van der Waals surface area contributed by atoms with E-state index in [2.05, 4.69) is 38.6 Å². The minimum Gasteiger partial charge on any atom is -0.308 e. The van der Waals surface area contributed by atoms with Crippen molar-refractivity contribution in [2.75, 3.05) is 31.1 Å². The molecule has 3 aliphatic rings. The minimum atomic E-state index is 0.0739. The number of hydrogen-bond acceptors (Lipinski definition) is 7. The van der Waals surface area contributed by atoms with Crippen LogP contribution in [-0.2, 0) is 4.79 Å². The van der Waals surface area contributed by atoms with E-state index in [1.807, 2.05) is 30.6 Å². The Balaban J connectivity index is 1.37. The average molecular weight is 379 g/mol. The molecular formula is C20H25N7O. The second-order valence-electron chi connectivity index (χ2n) is 7.66. The number of carbonyl (C=O) groups excluding carboxylic acids is 1. The zero-order valence-corrected chi connectivity index (χ0v) is 15.6. The normalized spacial score (nSPS) is 30.3. The third-order valence-electron chi connectivity index (χ3n) is 5.99. The minimum absolute atomic E-state index is 0.0739. The molecule has 8 nitrogen and oxygen atoms in total. The molecule has 3 fully saturated rings. The maximum absolute atomic E-state index is 12.2. The molecule has 2 aromatic rings. The van der Waals surface area contributed by atoms with Crippen LogP contribution in [-0.4, -0.2) is 48.1 Å². The summed E-state index contributed by atoms with van der Waals surface area (Å²) in [5, 5.41) is 6.73. The van der Waals surface area contributed by atoms with Crippen molar-refractivity contribution in [1.82, 2.24) is 31.5 Å². The van der Waals surface area contributed by atoms with Crippen molar-refractivity contribution in [3.8, 4) is 0 Å². The van der Waals surface area contributed by atoms with E-state index in [-0.39, 0.29) is 18.0 Å². The van der Waals surface area contributed by atoms with Crippen LogP contribution in [0.25, 0.3) is 0 Å². The number of rotatable bonds is 3. The van der Waals surface area contributed by atoms with E-state index in [0.717, 1.165) is 31.0 Å². The molecule has 0 radical (unpaired) electrons. The molecule has 4 N–H and O–H groups in total. The van der Waals surface area contributed by atoms with Crippen LogP contribution in [0, 0.1) is 5.92 Å². The van der Waals surface area contributed by atoms with Gasteiger partial charge in [0, 0.05) is 50.0 Å². The Labute approximate surface area is 164 Å². The number of hydrazine groups is 1. The highest BCUT2D eigenvalue weighted by Gasteiger charge is 2.42. The highest BCUT2D eigenvalue weighted by molar-refractivity contribution is 5.94. The first-order valence-corrected chi connectivity index (χ1v) is 9.92. The van der Waals surface area contributed by atoms with E-state index >= 15 is 0 Å². The molecule has 4 unspecified atom stereocenters. The summed E-state index contributed by atoms with van der Waals surface area (Å²) in [6, 6.07) is 10.9. The summed E-state index contributed by atoms with van der Waals surface area (Å²) in [6.07, 6.45) is 4.75.